The number of pyridine rings is 1. The van der Waals surface area contributed by atoms with Crippen LogP contribution in [-0.4, -0.2) is 27.2 Å². The molecule has 30 heavy (non-hydrogen) atoms. The Labute approximate surface area is 176 Å². The minimum absolute atomic E-state index is 0.0593. The summed E-state index contributed by atoms with van der Waals surface area (Å²) in [6.45, 7) is 7.45. The third-order valence-corrected chi connectivity index (χ3v) is 5.27. The summed E-state index contributed by atoms with van der Waals surface area (Å²) in [7, 11) is 0. The first-order valence-electron chi connectivity index (χ1n) is 10.3. The van der Waals surface area contributed by atoms with Crippen LogP contribution in [0, 0.1) is 5.92 Å². The van der Waals surface area contributed by atoms with Crippen LogP contribution in [0.4, 0.5) is 4.79 Å². The Morgan fingerprint density at radius 1 is 1.13 bits per heavy atom. The van der Waals surface area contributed by atoms with Gasteiger partial charge >= 0.3 is 6.09 Å². The van der Waals surface area contributed by atoms with Crippen molar-refractivity contribution in [1.82, 2.24) is 9.47 Å². The third-order valence-electron chi connectivity index (χ3n) is 5.27. The smallest absolute Gasteiger partial charge is 0.407 e. The maximum Gasteiger partial charge on any atom is 0.407 e. The van der Waals surface area contributed by atoms with Gasteiger partial charge in [0.05, 0.1) is 0 Å². The Hall–Kier alpha value is -3.12. The van der Waals surface area contributed by atoms with Crippen LogP contribution in [0.15, 0.2) is 53.3 Å². The minimum atomic E-state index is -0.962. The Morgan fingerprint density at radius 2 is 1.83 bits per heavy atom. The third kappa shape index (κ3) is 4.24. The molecule has 1 amide bonds. The number of aromatic nitrogens is 1. The van der Waals surface area contributed by atoms with E-state index >= 15 is 0 Å². The number of carbonyl (C=O) groups is 1. The topological polar surface area (TPSA) is 88.6 Å². The summed E-state index contributed by atoms with van der Waals surface area (Å²) in [6, 6.07) is 15.5. The van der Waals surface area contributed by atoms with E-state index in [-0.39, 0.29) is 18.6 Å². The second-order valence-corrected chi connectivity index (χ2v) is 7.88. The molecule has 3 aromatic rings. The molecule has 2 aromatic carbocycles. The number of benzene rings is 2. The van der Waals surface area contributed by atoms with Crippen LogP contribution < -0.4 is 11.3 Å². The standard InChI is InChI=1S/C24H29N3O3/c1-4-26(24(29)30)15-17-10-11-19-20(12-17)22(18-8-6-5-7-9-18)21(13-25)27(23(19)28)14-16(2)3/h5-12,16H,4,13-15,25H2,1-3H3,(H,29,30). The van der Waals surface area contributed by atoms with E-state index in [9.17, 15) is 14.7 Å². The molecule has 0 saturated carbocycles. The molecule has 1 heterocycles. The predicted octanol–water partition coefficient (Wildman–Crippen LogP) is 4.28. The van der Waals surface area contributed by atoms with Crippen molar-refractivity contribution >= 4 is 16.9 Å². The van der Waals surface area contributed by atoms with Crippen LogP contribution in [-0.2, 0) is 19.6 Å². The predicted molar refractivity (Wildman–Crippen MR) is 120 cm³/mol. The summed E-state index contributed by atoms with van der Waals surface area (Å²) in [5.74, 6) is 0.294. The molecule has 0 aliphatic carbocycles. The van der Waals surface area contributed by atoms with Crippen LogP contribution >= 0.6 is 0 Å². The summed E-state index contributed by atoms with van der Waals surface area (Å²) < 4.78 is 1.80. The van der Waals surface area contributed by atoms with Gasteiger partial charge < -0.3 is 20.3 Å². The summed E-state index contributed by atoms with van der Waals surface area (Å²) in [5.41, 5.74) is 9.67. The van der Waals surface area contributed by atoms with E-state index in [1.807, 2.05) is 55.5 Å². The highest BCUT2D eigenvalue weighted by molar-refractivity contribution is 5.97. The number of amides is 1. The lowest BCUT2D eigenvalue weighted by Crippen LogP contribution is -2.29. The zero-order valence-electron chi connectivity index (χ0n) is 17.8. The molecule has 158 valence electrons. The van der Waals surface area contributed by atoms with Crippen molar-refractivity contribution in [2.75, 3.05) is 6.54 Å². The maximum atomic E-state index is 13.3. The normalized spacial score (nSPS) is 11.2. The lowest BCUT2D eigenvalue weighted by atomic mass is 9.95. The number of nitrogens with zero attached hydrogens (tertiary/aromatic N) is 2. The molecule has 0 bridgehead atoms. The van der Waals surface area contributed by atoms with Crippen molar-refractivity contribution < 1.29 is 9.90 Å². The molecule has 0 aliphatic heterocycles. The van der Waals surface area contributed by atoms with Gasteiger partial charge in [0.25, 0.3) is 5.56 Å². The minimum Gasteiger partial charge on any atom is -0.465 e. The highest BCUT2D eigenvalue weighted by Gasteiger charge is 2.19. The van der Waals surface area contributed by atoms with Gasteiger partial charge in [-0.1, -0.05) is 50.2 Å². The van der Waals surface area contributed by atoms with E-state index in [0.717, 1.165) is 27.8 Å². The van der Waals surface area contributed by atoms with E-state index in [4.69, 9.17) is 5.73 Å². The molecule has 0 aliphatic rings. The molecule has 1 aromatic heterocycles. The molecular weight excluding hydrogens is 378 g/mol. The molecule has 0 atom stereocenters. The SMILES string of the molecule is CCN(Cc1ccc2c(=O)n(CC(C)C)c(CN)c(-c3ccccc3)c2c1)C(=O)O. The van der Waals surface area contributed by atoms with Gasteiger partial charge in [-0.15, -0.1) is 0 Å². The Morgan fingerprint density at radius 3 is 2.40 bits per heavy atom. The van der Waals surface area contributed by atoms with Gasteiger partial charge in [0.1, 0.15) is 0 Å². The Kier molecular flexibility index (Phi) is 6.57. The van der Waals surface area contributed by atoms with Crippen molar-refractivity contribution in [2.24, 2.45) is 11.7 Å². The van der Waals surface area contributed by atoms with E-state index in [1.54, 1.807) is 4.57 Å². The molecule has 6 nitrogen and oxygen atoms in total. The zero-order valence-corrected chi connectivity index (χ0v) is 17.8. The largest absolute Gasteiger partial charge is 0.465 e. The van der Waals surface area contributed by atoms with Gasteiger partial charge in [-0.2, -0.15) is 0 Å². The quantitative estimate of drug-likeness (QED) is 0.612. The van der Waals surface area contributed by atoms with Gasteiger partial charge in [-0.05, 0) is 41.5 Å². The summed E-state index contributed by atoms with van der Waals surface area (Å²) in [6.07, 6.45) is -0.962. The first-order valence-corrected chi connectivity index (χ1v) is 10.3. The first-order chi connectivity index (χ1) is 14.4. The molecule has 0 radical (unpaired) electrons. The first kappa shape index (κ1) is 21.6. The monoisotopic (exact) mass is 407 g/mol. The average molecular weight is 408 g/mol. The number of rotatable bonds is 7. The number of hydrogen-bond acceptors (Lipinski definition) is 3. The lowest BCUT2D eigenvalue weighted by molar-refractivity contribution is 0.145. The second kappa shape index (κ2) is 9.13. The second-order valence-electron chi connectivity index (χ2n) is 7.88. The molecule has 3 rings (SSSR count). The molecule has 0 spiro atoms. The number of fused-ring (bicyclic) bond motifs is 1. The Balaban J connectivity index is 2.33. The van der Waals surface area contributed by atoms with Crippen molar-refractivity contribution in [3.8, 4) is 11.1 Å². The van der Waals surface area contributed by atoms with E-state index in [0.29, 0.717) is 24.4 Å². The van der Waals surface area contributed by atoms with Gasteiger partial charge in [0, 0.05) is 42.8 Å². The van der Waals surface area contributed by atoms with Gasteiger partial charge in [-0.25, -0.2) is 4.79 Å². The van der Waals surface area contributed by atoms with E-state index in [2.05, 4.69) is 13.8 Å². The van der Waals surface area contributed by atoms with Gasteiger partial charge in [0.15, 0.2) is 0 Å². The highest BCUT2D eigenvalue weighted by Crippen LogP contribution is 2.32. The maximum absolute atomic E-state index is 13.3. The van der Waals surface area contributed by atoms with E-state index in [1.165, 1.54) is 4.90 Å². The van der Waals surface area contributed by atoms with Crippen LogP contribution in [0.1, 0.15) is 32.0 Å². The average Bonchev–Trinajstić information content (AvgIpc) is 2.73. The lowest BCUT2D eigenvalue weighted by Gasteiger charge is -2.22. The van der Waals surface area contributed by atoms with Gasteiger partial charge in [-0.3, -0.25) is 4.79 Å². The van der Waals surface area contributed by atoms with Crippen LogP contribution in [0.3, 0.4) is 0 Å². The molecule has 6 heteroatoms. The van der Waals surface area contributed by atoms with Crippen molar-refractivity contribution in [3.05, 3.63) is 70.1 Å². The van der Waals surface area contributed by atoms with Crippen LogP contribution in [0.5, 0.6) is 0 Å². The fourth-order valence-corrected chi connectivity index (χ4v) is 3.87. The fourth-order valence-electron chi connectivity index (χ4n) is 3.87. The highest BCUT2D eigenvalue weighted by atomic mass is 16.4. The summed E-state index contributed by atoms with van der Waals surface area (Å²) in [5, 5.41) is 10.8. The molecule has 0 unspecified atom stereocenters. The summed E-state index contributed by atoms with van der Waals surface area (Å²) >= 11 is 0. The summed E-state index contributed by atoms with van der Waals surface area (Å²) in [4.78, 5) is 26.1. The van der Waals surface area contributed by atoms with Crippen LogP contribution in [0.25, 0.3) is 21.9 Å². The van der Waals surface area contributed by atoms with Crippen molar-refractivity contribution in [3.63, 3.8) is 0 Å². The van der Waals surface area contributed by atoms with Gasteiger partial charge in [0.2, 0.25) is 0 Å². The zero-order chi connectivity index (χ0) is 21.8. The molecule has 3 N–H and O–H groups in total. The number of hydrogen-bond donors (Lipinski definition) is 2. The molecule has 0 saturated heterocycles. The van der Waals surface area contributed by atoms with Crippen molar-refractivity contribution in [1.29, 1.82) is 0 Å². The van der Waals surface area contributed by atoms with Crippen LogP contribution in [0.2, 0.25) is 0 Å². The molecular formula is C24H29N3O3. The number of carboxylic acid groups (broad SMARTS) is 1. The molecule has 0 fully saturated rings. The Bertz CT molecular complexity index is 1100. The fraction of sp³-hybridized carbons (Fsp3) is 0.333. The number of nitrogens with two attached hydrogens (primary N) is 1. The van der Waals surface area contributed by atoms with Crippen molar-refractivity contribution in [2.45, 2.75) is 40.4 Å². The van der Waals surface area contributed by atoms with E-state index < -0.39 is 6.09 Å².